The van der Waals surface area contributed by atoms with Gasteiger partial charge in [0.15, 0.2) is 5.96 Å². The van der Waals surface area contributed by atoms with Gasteiger partial charge in [0, 0.05) is 32.1 Å². The number of methoxy groups -OCH3 is 1. The van der Waals surface area contributed by atoms with Gasteiger partial charge in [0.05, 0.1) is 13.0 Å². The van der Waals surface area contributed by atoms with Crippen LogP contribution in [0, 0.1) is 12.8 Å². The molecule has 0 aromatic heterocycles. The van der Waals surface area contributed by atoms with Gasteiger partial charge in [0.2, 0.25) is 0 Å². The Morgan fingerprint density at radius 2 is 1.92 bits per heavy atom. The van der Waals surface area contributed by atoms with Crippen molar-refractivity contribution in [1.29, 1.82) is 0 Å². The van der Waals surface area contributed by atoms with Crippen molar-refractivity contribution in [2.24, 2.45) is 10.9 Å². The molecule has 1 aliphatic heterocycles. The molecular weight excluding hydrogens is 441 g/mol. The summed E-state index contributed by atoms with van der Waals surface area (Å²) in [6, 6.07) is 8.52. The third-order valence-electron chi connectivity index (χ3n) is 5.10. The van der Waals surface area contributed by atoms with Gasteiger partial charge in [-0.3, -0.25) is 9.79 Å². The fourth-order valence-corrected chi connectivity index (χ4v) is 3.55. The number of hydrogen-bond acceptors (Lipinski definition) is 3. The quantitative estimate of drug-likeness (QED) is 0.316. The molecule has 1 aromatic carbocycles. The maximum atomic E-state index is 11.7. The molecule has 1 N–H and O–H groups in total. The number of nitrogens with one attached hydrogen (secondary N) is 1. The smallest absolute Gasteiger partial charge is 0.308 e. The van der Waals surface area contributed by atoms with Crippen LogP contribution >= 0.6 is 24.0 Å². The van der Waals surface area contributed by atoms with Crippen molar-refractivity contribution in [3.8, 4) is 0 Å². The Bertz CT molecular complexity index is 623. The molecule has 1 saturated heterocycles. The number of esters is 1. The number of guanidine groups is 1. The molecule has 0 atom stereocenters. The second kappa shape index (κ2) is 10.1. The van der Waals surface area contributed by atoms with Gasteiger partial charge < -0.3 is 15.0 Å². The Morgan fingerprint density at radius 3 is 2.46 bits per heavy atom. The Hall–Kier alpha value is -1.31. The standard InChI is InChI=1S/C20H31N3O2.HI/c1-15-8-6-7-9-17(15)20(2,3)14-22-19(21-4)23-12-10-16(11-13-23)18(24)25-5;/h6-9,16H,10-14H2,1-5H3,(H,21,22);1H. The maximum Gasteiger partial charge on any atom is 0.308 e. The molecule has 5 nitrogen and oxygen atoms in total. The predicted molar refractivity (Wildman–Crippen MR) is 117 cm³/mol. The number of benzene rings is 1. The molecule has 1 aliphatic rings. The van der Waals surface area contributed by atoms with E-state index in [9.17, 15) is 4.79 Å². The van der Waals surface area contributed by atoms with Crippen LogP contribution in [0.1, 0.15) is 37.8 Å². The van der Waals surface area contributed by atoms with Crippen LogP contribution in [0.25, 0.3) is 0 Å². The molecule has 0 aliphatic carbocycles. The van der Waals surface area contributed by atoms with E-state index in [0.717, 1.165) is 38.4 Å². The Labute approximate surface area is 174 Å². The van der Waals surface area contributed by atoms with Gasteiger partial charge in [-0.15, -0.1) is 24.0 Å². The summed E-state index contributed by atoms with van der Waals surface area (Å²) < 4.78 is 4.86. The van der Waals surface area contributed by atoms with Crippen LogP contribution in [-0.2, 0) is 14.9 Å². The first-order valence-corrected chi connectivity index (χ1v) is 8.98. The Kier molecular flexibility index (Phi) is 8.86. The summed E-state index contributed by atoms with van der Waals surface area (Å²) in [7, 11) is 3.28. The van der Waals surface area contributed by atoms with E-state index in [-0.39, 0.29) is 41.3 Å². The number of carbonyl (C=O) groups excluding carboxylic acids is 1. The molecule has 0 radical (unpaired) electrons. The molecule has 146 valence electrons. The molecule has 1 fully saturated rings. The maximum absolute atomic E-state index is 11.7. The molecular formula is C20H32IN3O2. The van der Waals surface area contributed by atoms with Crippen LogP contribution < -0.4 is 5.32 Å². The van der Waals surface area contributed by atoms with Gasteiger partial charge in [-0.1, -0.05) is 38.1 Å². The van der Waals surface area contributed by atoms with Crippen LogP contribution in [0.4, 0.5) is 0 Å². The van der Waals surface area contributed by atoms with Crippen molar-refractivity contribution in [2.45, 2.75) is 39.0 Å². The number of nitrogens with zero attached hydrogens (tertiary/aromatic N) is 2. The number of hydrogen-bond donors (Lipinski definition) is 1. The molecule has 0 spiro atoms. The number of likely N-dealkylation sites (tertiary alicyclic amines) is 1. The molecule has 26 heavy (non-hydrogen) atoms. The molecule has 0 unspecified atom stereocenters. The van der Waals surface area contributed by atoms with Crippen molar-refractivity contribution in [3.05, 3.63) is 35.4 Å². The van der Waals surface area contributed by atoms with Gasteiger partial charge in [-0.05, 0) is 30.9 Å². The first-order chi connectivity index (χ1) is 11.9. The minimum Gasteiger partial charge on any atom is -0.469 e. The summed E-state index contributed by atoms with van der Waals surface area (Å²) in [5.41, 5.74) is 2.66. The largest absolute Gasteiger partial charge is 0.469 e. The molecule has 0 saturated carbocycles. The molecule has 0 amide bonds. The van der Waals surface area contributed by atoms with Crippen molar-refractivity contribution < 1.29 is 9.53 Å². The van der Waals surface area contributed by atoms with E-state index in [1.807, 2.05) is 7.05 Å². The zero-order valence-electron chi connectivity index (χ0n) is 16.5. The van der Waals surface area contributed by atoms with Gasteiger partial charge in [0.1, 0.15) is 0 Å². The minimum absolute atomic E-state index is 0. The Morgan fingerprint density at radius 1 is 1.31 bits per heavy atom. The second-order valence-corrected chi connectivity index (χ2v) is 7.38. The first kappa shape index (κ1) is 22.7. The van der Waals surface area contributed by atoms with Gasteiger partial charge >= 0.3 is 5.97 Å². The average Bonchev–Trinajstić information content (AvgIpc) is 2.62. The van der Waals surface area contributed by atoms with Crippen molar-refractivity contribution in [1.82, 2.24) is 10.2 Å². The highest BCUT2D eigenvalue weighted by atomic mass is 127. The first-order valence-electron chi connectivity index (χ1n) is 8.98. The van der Waals surface area contributed by atoms with Crippen molar-refractivity contribution in [3.63, 3.8) is 0 Å². The lowest BCUT2D eigenvalue weighted by Gasteiger charge is -2.35. The molecule has 1 heterocycles. The minimum atomic E-state index is -0.0942. The summed E-state index contributed by atoms with van der Waals surface area (Å²) in [5.74, 6) is 0.830. The highest BCUT2D eigenvalue weighted by Crippen LogP contribution is 2.25. The van der Waals surface area contributed by atoms with Crippen LogP contribution in [0.15, 0.2) is 29.3 Å². The van der Waals surface area contributed by atoms with E-state index >= 15 is 0 Å². The summed E-state index contributed by atoms with van der Waals surface area (Å²) in [4.78, 5) is 18.3. The number of ether oxygens (including phenoxy) is 1. The third-order valence-corrected chi connectivity index (χ3v) is 5.10. The number of piperidine rings is 1. The lowest BCUT2D eigenvalue weighted by Crippen LogP contribution is -2.49. The number of aliphatic imine (C=N–C) groups is 1. The van der Waals surface area contributed by atoms with E-state index in [0.29, 0.717) is 0 Å². The van der Waals surface area contributed by atoms with Crippen LogP contribution in [0.2, 0.25) is 0 Å². The van der Waals surface area contributed by atoms with Crippen LogP contribution in [0.5, 0.6) is 0 Å². The lowest BCUT2D eigenvalue weighted by molar-refractivity contribution is -0.146. The number of aryl methyl sites for hydroxylation is 1. The summed E-state index contributed by atoms with van der Waals surface area (Å²) >= 11 is 0. The second-order valence-electron chi connectivity index (χ2n) is 7.38. The van der Waals surface area contributed by atoms with Crippen molar-refractivity contribution >= 4 is 35.9 Å². The van der Waals surface area contributed by atoms with E-state index in [2.05, 4.69) is 60.2 Å². The zero-order valence-corrected chi connectivity index (χ0v) is 18.9. The van der Waals surface area contributed by atoms with E-state index in [1.54, 1.807) is 0 Å². The predicted octanol–water partition coefficient (Wildman–Crippen LogP) is 3.35. The fraction of sp³-hybridized carbons (Fsp3) is 0.600. The van der Waals surface area contributed by atoms with Gasteiger partial charge in [0.25, 0.3) is 0 Å². The SMILES string of the molecule is CN=C(NCC(C)(C)c1ccccc1C)N1CCC(C(=O)OC)CC1.I. The summed E-state index contributed by atoms with van der Waals surface area (Å²) in [6.07, 6.45) is 1.63. The average molecular weight is 473 g/mol. The highest BCUT2D eigenvalue weighted by Gasteiger charge is 2.28. The number of halogens is 1. The molecule has 0 bridgehead atoms. The van der Waals surface area contributed by atoms with Gasteiger partial charge in [-0.2, -0.15) is 0 Å². The van der Waals surface area contributed by atoms with E-state index in [1.165, 1.54) is 18.2 Å². The fourth-order valence-electron chi connectivity index (χ4n) is 3.55. The third kappa shape index (κ3) is 5.59. The Balaban J connectivity index is 0.00000338. The number of rotatable bonds is 4. The zero-order chi connectivity index (χ0) is 18.4. The van der Waals surface area contributed by atoms with E-state index in [4.69, 9.17) is 4.74 Å². The molecule has 6 heteroatoms. The topological polar surface area (TPSA) is 53.9 Å². The van der Waals surface area contributed by atoms with Crippen LogP contribution in [0.3, 0.4) is 0 Å². The monoisotopic (exact) mass is 473 g/mol. The van der Waals surface area contributed by atoms with Gasteiger partial charge in [-0.25, -0.2) is 0 Å². The highest BCUT2D eigenvalue weighted by molar-refractivity contribution is 14.0. The molecule has 2 rings (SSSR count). The summed E-state index contributed by atoms with van der Waals surface area (Å²) in [5, 5.41) is 3.52. The van der Waals surface area contributed by atoms with Crippen molar-refractivity contribution in [2.75, 3.05) is 33.8 Å². The number of carbonyl (C=O) groups is 1. The lowest BCUT2D eigenvalue weighted by atomic mass is 9.82. The molecule has 1 aromatic rings. The van der Waals surface area contributed by atoms with E-state index < -0.39 is 0 Å². The van der Waals surface area contributed by atoms with Crippen LogP contribution in [-0.4, -0.2) is 50.6 Å². The normalized spacial score (nSPS) is 16.0. The summed E-state index contributed by atoms with van der Waals surface area (Å²) in [6.45, 7) is 9.11.